The Hall–Kier alpha value is -2.83. The van der Waals surface area contributed by atoms with Crippen LogP contribution in [-0.2, 0) is 17.8 Å². The normalized spacial score (nSPS) is 16.6. The number of hydrogen-bond donors (Lipinski definition) is 1. The first-order chi connectivity index (χ1) is 14.6. The van der Waals surface area contributed by atoms with Crippen molar-refractivity contribution in [3.05, 3.63) is 82.5 Å². The second kappa shape index (κ2) is 9.32. The van der Waals surface area contributed by atoms with Crippen LogP contribution >= 0.6 is 11.6 Å². The molecule has 0 amide bonds. The van der Waals surface area contributed by atoms with E-state index >= 15 is 0 Å². The maximum Gasteiger partial charge on any atom is 0.341 e. The number of para-hydroxylation sites is 1. The molecule has 2 aromatic carbocycles. The van der Waals surface area contributed by atoms with E-state index in [4.69, 9.17) is 25.9 Å². The van der Waals surface area contributed by atoms with Crippen molar-refractivity contribution in [1.29, 1.82) is 0 Å². The summed E-state index contributed by atoms with van der Waals surface area (Å²) < 4.78 is 11.5. The molecule has 0 radical (unpaired) electrons. The SMILES string of the molecule is O=C(O)COc1ccccc1CN1CCC[C@H]1c1ncc(Cc2ccccc2Cl)o1. The fraction of sp³-hybridized carbons (Fsp3) is 0.304. The first-order valence-corrected chi connectivity index (χ1v) is 10.3. The Balaban J connectivity index is 1.47. The van der Waals surface area contributed by atoms with Gasteiger partial charge in [-0.3, -0.25) is 4.90 Å². The fourth-order valence-electron chi connectivity index (χ4n) is 3.82. The van der Waals surface area contributed by atoms with Gasteiger partial charge < -0.3 is 14.3 Å². The first-order valence-electron chi connectivity index (χ1n) is 9.94. The van der Waals surface area contributed by atoms with Crippen LogP contribution in [0, 0.1) is 0 Å². The lowest BCUT2D eigenvalue weighted by atomic mass is 10.1. The van der Waals surface area contributed by atoms with Crippen molar-refractivity contribution < 1.29 is 19.1 Å². The van der Waals surface area contributed by atoms with E-state index in [0.29, 0.717) is 24.6 Å². The molecule has 0 spiro atoms. The number of carbonyl (C=O) groups is 1. The Bertz CT molecular complexity index is 1020. The molecule has 156 valence electrons. The fourth-order valence-corrected chi connectivity index (χ4v) is 4.02. The van der Waals surface area contributed by atoms with Crippen LogP contribution in [0.15, 0.2) is 59.1 Å². The molecule has 1 N–H and O–H groups in total. The molecule has 0 saturated carbocycles. The van der Waals surface area contributed by atoms with Crippen molar-refractivity contribution in [3.63, 3.8) is 0 Å². The summed E-state index contributed by atoms with van der Waals surface area (Å²) in [5, 5.41) is 9.62. The van der Waals surface area contributed by atoms with Crippen molar-refractivity contribution in [2.24, 2.45) is 0 Å². The number of aliphatic carboxylic acids is 1. The van der Waals surface area contributed by atoms with Gasteiger partial charge >= 0.3 is 5.97 Å². The Kier molecular flexibility index (Phi) is 6.35. The van der Waals surface area contributed by atoms with Gasteiger partial charge in [0, 0.05) is 23.6 Å². The van der Waals surface area contributed by atoms with Gasteiger partial charge in [-0.2, -0.15) is 0 Å². The molecule has 30 heavy (non-hydrogen) atoms. The van der Waals surface area contributed by atoms with Crippen LogP contribution in [0.3, 0.4) is 0 Å². The van der Waals surface area contributed by atoms with Gasteiger partial charge in [0.05, 0.1) is 12.2 Å². The highest BCUT2D eigenvalue weighted by Crippen LogP contribution is 2.34. The van der Waals surface area contributed by atoms with E-state index in [0.717, 1.165) is 41.3 Å². The molecule has 1 aliphatic rings. The molecule has 2 heterocycles. The number of likely N-dealkylation sites (tertiary alicyclic amines) is 1. The topological polar surface area (TPSA) is 75.8 Å². The number of benzene rings is 2. The summed E-state index contributed by atoms with van der Waals surface area (Å²) in [5.74, 6) is 1.10. The van der Waals surface area contributed by atoms with Gasteiger partial charge in [0.1, 0.15) is 11.5 Å². The second-order valence-corrected chi connectivity index (χ2v) is 7.76. The molecule has 1 atom stereocenters. The number of aromatic nitrogens is 1. The quantitative estimate of drug-likeness (QED) is 0.561. The standard InChI is InChI=1S/C23H23ClN2O4/c24-19-8-3-1-6-16(19)12-18-13-25-23(30-18)20-9-5-11-26(20)14-17-7-2-4-10-21(17)29-15-22(27)28/h1-4,6-8,10,13,20H,5,9,11-12,14-15H2,(H,27,28)/t20-/m0/s1. The van der Waals surface area contributed by atoms with E-state index in [1.165, 1.54) is 0 Å². The first kappa shape index (κ1) is 20.4. The Morgan fingerprint density at radius 1 is 1.20 bits per heavy atom. The summed E-state index contributed by atoms with van der Waals surface area (Å²) in [6.07, 6.45) is 4.39. The van der Waals surface area contributed by atoms with Crippen molar-refractivity contribution >= 4 is 17.6 Å². The largest absolute Gasteiger partial charge is 0.482 e. The highest BCUT2D eigenvalue weighted by molar-refractivity contribution is 6.31. The molecular formula is C23H23ClN2O4. The lowest BCUT2D eigenvalue weighted by Crippen LogP contribution is -2.23. The van der Waals surface area contributed by atoms with Crippen LogP contribution in [-0.4, -0.2) is 34.1 Å². The van der Waals surface area contributed by atoms with Crippen molar-refractivity contribution in [3.8, 4) is 5.75 Å². The smallest absolute Gasteiger partial charge is 0.341 e. The molecule has 0 unspecified atom stereocenters. The zero-order chi connectivity index (χ0) is 20.9. The zero-order valence-electron chi connectivity index (χ0n) is 16.5. The van der Waals surface area contributed by atoms with Crippen molar-refractivity contribution in [1.82, 2.24) is 9.88 Å². The number of hydrogen-bond acceptors (Lipinski definition) is 5. The minimum absolute atomic E-state index is 0.0810. The monoisotopic (exact) mass is 426 g/mol. The number of carboxylic acid groups (broad SMARTS) is 1. The Morgan fingerprint density at radius 2 is 1.97 bits per heavy atom. The lowest BCUT2D eigenvalue weighted by molar-refractivity contribution is -0.139. The van der Waals surface area contributed by atoms with Crippen molar-refractivity contribution in [2.75, 3.05) is 13.2 Å². The van der Waals surface area contributed by atoms with Crippen molar-refractivity contribution in [2.45, 2.75) is 31.8 Å². The summed E-state index contributed by atoms with van der Waals surface area (Å²) in [4.78, 5) is 17.7. The van der Waals surface area contributed by atoms with Gasteiger partial charge in [-0.15, -0.1) is 0 Å². The number of ether oxygens (including phenoxy) is 1. The minimum atomic E-state index is -0.991. The molecule has 1 aliphatic heterocycles. The summed E-state index contributed by atoms with van der Waals surface area (Å²) in [6, 6.07) is 15.3. The summed E-state index contributed by atoms with van der Waals surface area (Å²) in [5.41, 5.74) is 1.96. The molecule has 6 nitrogen and oxygen atoms in total. The third kappa shape index (κ3) is 4.83. The molecule has 1 aromatic heterocycles. The Labute approximate surface area is 180 Å². The van der Waals surface area contributed by atoms with Gasteiger partial charge in [-0.25, -0.2) is 9.78 Å². The molecule has 1 fully saturated rings. The average Bonchev–Trinajstić information content (AvgIpc) is 3.38. The average molecular weight is 427 g/mol. The molecule has 0 bridgehead atoms. The molecule has 1 saturated heterocycles. The van der Waals surface area contributed by atoms with E-state index < -0.39 is 5.97 Å². The van der Waals surface area contributed by atoms with Crippen LogP contribution in [0.2, 0.25) is 5.02 Å². The Morgan fingerprint density at radius 3 is 2.77 bits per heavy atom. The highest BCUT2D eigenvalue weighted by atomic mass is 35.5. The van der Waals surface area contributed by atoms with Crippen LogP contribution in [0.1, 0.15) is 41.7 Å². The van der Waals surface area contributed by atoms with E-state index in [-0.39, 0.29) is 12.6 Å². The molecular weight excluding hydrogens is 404 g/mol. The number of rotatable bonds is 8. The van der Waals surface area contributed by atoms with E-state index in [9.17, 15) is 4.79 Å². The van der Waals surface area contributed by atoms with Gasteiger partial charge in [0.25, 0.3) is 0 Å². The molecule has 0 aliphatic carbocycles. The van der Waals surface area contributed by atoms with Crippen LogP contribution in [0.5, 0.6) is 5.75 Å². The molecule has 3 aromatic rings. The minimum Gasteiger partial charge on any atom is -0.482 e. The number of oxazole rings is 1. The van der Waals surface area contributed by atoms with E-state index in [2.05, 4.69) is 9.88 Å². The predicted molar refractivity (Wildman–Crippen MR) is 113 cm³/mol. The number of halogens is 1. The summed E-state index contributed by atoms with van der Waals surface area (Å²) in [7, 11) is 0. The number of carboxylic acids is 1. The predicted octanol–water partition coefficient (Wildman–Crippen LogP) is 4.72. The zero-order valence-corrected chi connectivity index (χ0v) is 17.2. The second-order valence-electron chi connectivity index (χ2n) is 7.35. The number of nitrogens with zero attached hydrogens (tertiary/aromatic N) is 2. The van der Waals surface area contributed by atoms with Crippen LogP contribution in [0.4, 0.5) is 0 Å². The van der Waals surface area contributed by atoms with Gasteiger partial charge in [-0.1, -0.05) is 48.0 Å². The van der Waals surface area contributed by atoms with Gasteiger partial charge in [-0.05, 0) is 37.1 Å². The van der Waals surface area contributed by atoms with E-state index in [1.807, 2.05) is 42.5 Å². The highest BCUT2D eigenvalue weighted by Gasteiger charge is 2.30. The third-order valence-electron chi connectivity index (χ3n) is 5.24. The van der Waals surface area contributed by atoms with Crippen LogP contribution < -0.4 is 4.74 Å². The maximum atomic E-state index is 10.9. The third-order valence-corrected chi connectivity index (χ3v) is 5.61. The summed E-state index contributed by atoms with van der Waals surface area (Å²) >= 11 is 6.26. The van der Waals surface area contributed by atoms with E-state index in [1.54, 1.807) is 12.3 Å². The van der Waals surface area contributed by atoms with Crippen LogP contribution in [0.25, 0.3) is 0 Å². The molecule has 7 heteroatoms. The summed E-state index contributed by atoms with van der Waals surface area (Å²) in [6.45, 7) is 1.20. The maximum absolute atomic E-state index is 10.9. The molecule has 4 rings (SSSR count). The van der Waals surface area contributed by atoms with Gasteiger partial charge in [0.15, 0.2) is 6.61 Å². The van der Waals surface area contributed by atoms with Gasteiger partial charge in [0.2, 0.25) is 5.89 Å². The lowest BCUT2D eigenvalue weighted by Gasteiger charge is -2.23.